The van der Waals surface area contributed by atoms with E-state index in [0.717, 1.165) is 23.9 Å². The topological polar surface area (TPSA) is 113 Å². The van der Waals surface area contributed by atoms with Gasteiger partial charge in [0.15, 0.2) is 17.2 Å². The number of carbonyl (C=O) groups excluding carboxylic acids is 1. The zero-order valence-electron chi connectivity index (χ0n) is 10.3. The molecule has 3 aromatic rings. The zero-order valence-corrected chi connectivity index (χ0v) is 11.2. The van der Waals surface area contributed by atoms with Gasteiger partial charge in [-0.2, -0.15) is 8.75 Å². The molecule has 0 spiro atoms. The van der Waals surface area contributed by atoms with Gasteiger partial charge in [-0.25, -0.2) is 4.79 Å². The van der Waals surface area contributed by atoms with Crippen LogP contribution in [0.3, 0.4) is 0 Å². The third-order valence-electron chi connectivity index (χ3n) is 2.74. The van der Waals surface area contributed by atoms with E-state index < -0.39 is 23.2 Å². The van der Waals surface area contributed by atoms with E-state index in [1.807, 2.05) is 0 Å². The van der Waals surface area contributed by atoms with Gasteiger partial charge in [0, 0.05) is 6.07 Å². The van der Waals surface area contributed by atoms with Crippen LogP contribution in [0.2, 0.25) is 0 Å². The normalized spacial score (nSPS) is 10.7. The first-order valence-electron chi connectivity index (χ1n) is 5.74. The van der Waals surface area contributed by atoms with Gasteiger partial charge in [0.1, 0.15) is 16.8 Å². The van der Waals surface area contributed by atoms with Gasteiger partial charge in [-0.05, 0) is 24.3 Å². The van der Waals surface area contributed by atoms with Gasteiger partial charge in [-0.3, -0.25) is 0 Å². The van der Waals surface area contributed by atoms with E-state index in [9.17, 15) is 20.1 Å². The number of esters is 1. The van der Waals surface area contributed by atoms with Crippen LogP contribution in [0.15, 0.2) is 30.3 Å². The van der Waals surface area contributed by atoms with Crippen molar-refractivity contribution in [2.24, 2.45) is 0 Å². The molecule has 3 N–H and O–H groups in total. The molecule has 0 amide bonds. The number of phenols is 3. The second-order valence-corrected chi connectivity index (χ2v) is 4.70. The molecule has 1 aromatic heterocycles. The van der Waals surface area contributed by atoms with Gasteiger partial charge in [0.2, 0.25) is 0 Å². The number of hydrogen-bond donors (Lipinski definition) is 3. The molecule has 0 saturated heterocycles. The molecule has 0 aliphatic heterocycles. The SMILES string of the molecule is O=C(Oc1ccc2nsnc2c1)c1cc(O)c(O)c(O)c1. The quantitative estimate of drug-likeness (QED) is 0.377. The lowest BCUT2D eigenvalue weighted by atomic mass is 10.2. The van der Waals surface area contributed by atoms with Crippen LogP contribution in [0.5, 0.6) is 23.0 Å². The van der Waals surface area contributed by atoms with E-state index in [1.165, 1.54) is 0 Å². The number of aromatic hydroxyl groups is 3. The Morgan fingerprint density at radius 2 is 1.67 bits per heavy atom. The van der Waals surface area contributed by atoms with Crippen molar-refractivity contribution >= 4 is 28.7 Å². The minimum Gasteiger partial charge on any atom is -0.504 e. The fraction of sp³-hybridized carbons (Fsp3) is 0. The third kappa shape index (κ3) is 2.43. The number of hydrogen-bond acceptors (Lipinski definition) is 8. The molecule has 0 aliphatic rings. The fourth-order valence-electron chi connectivity index (χ4n) is 1.71. The molecule has 8 heteroatoms. The molecule has 3 rings (SSSR count). The van der Waals surface area contributed by atoms with Crippen LogP contribution >= 0.6 is 11.7 Å². The van der Waals surface area contributed by atoms with E-state index in [-0.39, 0.29) is 11.3 Å². The highest BCUT2D eigenvalue weighted by molar-refractivity contribution is 7.00. The van der Waals surface area contributed by atoms with Crippen molar-refractivity contribution in [1.82, 2.24) is 8.75 Å². The highest BCUT2D eigenvalue weighted by atomic mass is 32.1. The van der Waals surface area contributed by atoms with Crippen LogP contribution < -0.4 is 4.74 Å². The monoisotopic (exact) mass is 304 g/mol. The molecule has 2 aromatic carbocycles. The van der Waals surface area contributed by atoms with Crippen LogP contribution in [-0.4, -0.2) is 30.0 Å². The Labute approximate surface area is 122 Å². The van der Waals surface area contributed by atoms with E-state index in [2.05, 4.69) is 8.75 Å². The third-order valence-corrected chi connectivity index (χ3v) is 3.30. The number of fused-ring (bicyclic) bond motifs is 1. The zero-order chi connectivity index (χ0) is 15.0. The summed E-state index contributed by atoms with van der Waals surface area (Å²) in [5.41, 5.74) is 1.20. The highest BCUT2D eigenvalue weighted by Crippen LogP contribution is 2.35. The Morgan fingerprint density at radius 1 is 1.00 bits per heavy atom. The molecule has 0 aliphatic carbocycles. The largest absolute Gasteiger partial charge is 0.504 e. The summed E-state index contributed by atoms with van der Waals surface area (Å²) in [7, 11) is 0. The summed E-state index contributed by atoms with van der Waals surface area (Å²) in [5, 5.41) is 28.0. The van der Waals surface area contributed by atoms with Crippen molar-refractivity contribution in [2.75, 3.05) is 0 Å². The van der Waals surface area contributed by atoms with Gasteiger partial charge in [0.05, 0.1) is 17.3 Å². The number of phenolic OH excluding ortho intramolecular Hbond substituents is 3. The average molecular weight is 304 g/mol. The fourth-order valence-corrected chi connectivity index (χ4v) is 2.23. The van der Waals surface area contributed by atoms with Crippen LogP contribution in [0.1, 0.15) is 10.4 Å². The molecular formula is C13H8N2O5S. The molecule has 21 heavy (non-hydrogen) atoms. The molecular weight excluding hydrogens is 296 g/mol. The summed E-state index contributed by atoms with van der Waals surface area (Å²) in [4.78, 5) is 11.9. The Hall–Kier alpha value is -2.87. The molecule has 7 nitrogen and oxygen atoms in total. The number of aromatic nitrogens is 2. The molecule has 0 fully saturated rings. The van der Waals surface area contributed by atoms with Crippen LogP contribution in [0.25, 0.3) is 11.0 Å². The number of benzene rings is 2. The summed E-state index contributed by atoms with van der Waals surface area (Å²) < 4.78 is 13.2. The molecule has 1 heterocycles. The number of ether oxygens (including phenoxy) is 1. The number of nitrogens with zero attached hydrogens (tertiary/aromatic N) is 2. The van der Waals surface area contributed by atoms with Crippen molar-refractivity contribution in [3.05, 3.63) is 35.9 Å². The molecule has 106 valence electrons. The van der Waals surface area contributed by atoms with E-state index in [4.69, 9.17) is 4.74 Å². The first kappa shape index (κ1) is 13.1. The lowest BCUT2D eigenvalue weighted by molar-refractivity contribution is 0.0734. The van der Waals surface area contributed by atoms with E-state index in [1.54, 1.807) is 18.2 Å². The summed E-state index contributed by atoms with van der Waals surface area (Å²) in [6.45, 7) is 0. The minimum absolute atomic E-state index is 0.0979. The second kappa shape index (κ2) is 4.91. The van der Waals surface area contributed by atoms with Crippen molar-refractivity contribution in [2.45, 2.75) is 0 Å². The molecule has 0 atom stereocenters. The Morgan fingerprint density at radius 3 is 2.38 bits per heavy atom. The van der Waals surface area contributed by atoms with Gasteiger partial charge < -0.3 is 20.1 Å². The van der Waals surface area contributed by atoms with Crippen molar-refractivity contribution in [3.8, 4) is 23.0 Å². The van der Waals surface area contributed by atoms with Gasteiger partial charge in [-0.15, -0.1) is 0 Å². The summed E-state index contributed by atoms with van der Waals surface area (Å²) in [5.74, 6) is -2.45. The van der Waals surface area contributed by atoms with Crippen LogP contribution in [0, 0.1) is 0 Å². The summed E-state index contributed by atoms with van der Waals surface area (Å²) >= 11 is 1.05. The lowest BCUT2D eigenvalue weighted by Crippen LogP contribution is -2.08. The van der Waals surface area contributed by atoms with Crippen molar-refractivity contribution in [1.29, 1.82) is 0 Å². The predicted molar refractivity (Wildman–Crippen MR) is 73.8 cm³/mol. The Kier molecular flexibility index (Phi) is 3.07. The molecule has 0 saturated carbocycles. The Bertz CT molecular complexity index is 822. The minimum atomic E-state index is -0.789. The smallest absolute Gasteiger partial charge is 0.343 e. The van der Waals surface area contributed by atoms with Crippen molar-refractivity contribution < 1.29 is 24.9 Å². The van der Waals surface area contributed by atoms with Gasteiger partial charge in [-0.1, -0.05) is 0 Å². The van der Waals surface area contributed by atoms with Crippen LogP contribution in [-0.2, 0) is 0 Å². The van der Waals surface area contributed by atoms with E-state index >= 15 is 0 Å². The number of carbonyl (C=O) groups is 1. The molecule has 0 unspecified atom stereocenters. The first-order chi connectivity index (χ1) is 10.0. The molecule has 0 radical (unpaired) electrons. The van der Waals surface area contributed by atoms with Gasteiger partial charge >= 0.3 is 5.97 Å². The van der Waals surface area contributed by atoms with E-state index in [0.29, 0.717) is 11.0 Å². The summed E-state index contributed by atoms with van der Waals surface area (Å²) in [6, 6.07) is 6.77. The summed E-state index contributed by atoms with van der Waals surface area (Å²) in [6.07, 6.45) is 0. The van der Waals surface area contributed by atoms with Crippen molar-refractivity contribution in [3.63, 3.8) is 0 Å². The standard InChI is InChI=1S/C13H8N2O5S/c16-10-3-6(4-11(17)12(10)18)13(19)20-7-1-2-8-9(5-7)15-21-14-8/h1-5,16-18H. The Balaban J connectivity index is 1.88. The second-order valence-electron chi connectivity index (χ2n) is 4.17. The number of rotatable bonds is 2. The maximum absolute atomic E-state index is 11.9. The molecule has 0 bridgehead atoms. The maximum atomic E-state index is 11.9. The average Bonchev–Trinajstić information content (AvgIpc) is 2.91. The highest BCUT2D eigenvalue weighted by Gasteiger charge is 2.15. The first-order valence-corrected chi connectivity index (χ1v) is 6.47. The van der Waals surface area contributed by atoms with Crippen LogP contribution in [0.4, 0.5) is 0 Å². The van der Waals surface area contributed by atoms with Gasteiger partial charge in [0.25, 0.3) is 0 Å². The maximum Gasteiger partial charge on any atom is 0.343 e. The lowest BCUT2D eigenvalue weighted by Gasteiger charge is -2.06. The predicted octanol–water partition coefficient (Wildman–Crippen LogP) is 2.03.